The zero-order valence-corrected chi connectivity index (χ0v) is 13.7. The Morgan fingerprint density at radius 3 is 2.58 bits per heavy atom. The third kappa shape index (κ3) is 4.07. The number of pyridine rings is 1. The summed E-state index contributed by atoms with van der Waals surface area (Å²) in [6.07, 6.45) is 4.11. The Bertz CT molecular complexity index is 794. The van der Waals surface area contributed by atoms with E-state index in [0.717, 1.165) is 16.8 Å². The van der Waals surface area contributed by atoms with Crippen LogP contribution in [0, 0.1) is 0 Å². The predicted octanol–water partition coefficient (Wildman–Crippen LogP) is 3.65. The molecule has 0 bridgehead atoms. The van der Waals surface area contributed by atoms with E-state index in [1.54, 1.807) is 12.4 Å². The van der Waals surface area contributed by atoms with Crippen molar-refractivity contribution in [1.82, 2.24) is 15.0 Å². The molecule has 0 aliphatic rings. The maximum atomic E-state index is 8.94. The number of halogens is 1. The van der Waals surface area contributed by atoms with Crippen LogP contribution in [-0.2, 0) is 0 Å². The molecule has 2 heterocycles. The lowest BCUT2D eigenvalue weighted by molar-refractivity contribution is 0.292. The van der Waals surface area contributed by atoms with Crippen molar-refractivity contribution >= 4 is 17.4 Å². The largest absolute Gasteiger partial charge is 0.396 e. The summed E-state index contributed by atoms with van der Waals surface area (Å²) in [5.41, 5.74) is 2.60. The number of benzene rings is 1. The summed E-state index contributed by atoms with van der Waals surface area (Å²) < 4.78 is 0. The van der Waals surface area contributed by atoms with Crippen LogP contribution in [0.3, 0.4) is 0 Å². The molecule has 0 atom stereocenters. The van der Waals surface area contributed by atoms with Crippen molar-refractivity contribution in [1.29, 1.82) is 0 Å². The topological polar surface area (TPSA) is 70.9 Å². The van der Waals surface area contributed by atoms with Crippen LogP contribution in [0.4, 0.5) is 5.82 Å². The quantitative estimate of drug-likeness (QED) is 0.670. The first-order chi connectivity index (χ1) is 11.8. The molecule has 3 aromatic rings. The minimum absolute atomic E-state index is 0.136. The zero-order chi connectivity index (χ0) is 16.8. The summed E-state index contributed by atoms with van der Waals surface area (Å²) in [5, 5.41) is 12.8. The average Bonchev–Trinajstić information content (AvgIpc) is 2.63. The Labute approximate surface area is 145 Å². The number of hydrogen-bond donors (Lipinski definition) is 2. The first-order valence-electron chi connectivity index (χ1n) is 7.66. The minimum Gasteiger partial charge on any atom is -0.396 e. The molecule has 1 aromatic carbocycles. The van der Waals surface area contributed by atoms with Crippen LogP contribution in [-0.4, -0.2) is 33.2 Å². The highest BCUT2D eigenvalue weighted by molar-refractivity contribution is 6.30. The fraction of sp³-hybridized carbons (Fsp3) is 0.167. The average molecular weight is 341 g/mol. The molecule has 0 unspecified atom stereocenters. The predicted molar refractivity (Wildman–Crippen MR) is 95.9 cm³/mol. The molecule has 0 aliphatic carbocycles. The molecule has 0 aliphatic heterocycles. The van der Waals surface area contributed by atoms with Crippen LogP contribution in [0.5, 0.6) is 0 Å². The number of rotatable bonds is 6. The van der Waals surface area contributed by atoms with E-state index in [1.165, 1.54) is 0 Å². The van der Waals surface area contributed by atoms with Gasteiger partial charge in [-0.3, -0.25) is 4.98 Å². The lowest BCUT2D eigenvalue weighted by atomic mass is 10.1. The summed E-state index contributed by atoms with van der Waals surface area (Å²) in [4.78, 5) is 13.3. The van der Waals surface area contributed by atoms with E-state index < -0.39 is 0 Å². The van der Waals surface area contributed by atoms with Gasteiger partial charge in [0, 0.05) is 47.8 Å². The summed E-state index contributed by atoms with van der Waals surface area (Å²) >= 11 is 5.97. The maximum absolute atomic E-state index is 8.94. The van der Waals surface area contributed by atoms with Crippen LogP contribution < -0.4 is 5.32 Å². The second kappa shape index (κ2) is 7.86. The van der Waals surface area contributed by atoms with Gasteiger partial charge >= 0.3 is 0 Å². The highest BCUT2D eigenvalue weighted by Crippen LogP contribution is 2.25. The van der Waals surface area contributed by atoms with Gasteiger partial charge in [-0.25, -0.2) is 9.97 Å². The summed E-state index contributed by atoms with van der Waals surface area (Å²) in [7, 11) is 0. The van der Waals surface area contributed by atoms with Crippen molar-refractivity contribution in [2.45, 2.75) is 6.42 Å². The molecule has 3 rings (SSSR count). The van der Waals surface area contributed by atoms with Gasteiger partial charge in [-0.15, -0.1) is 0 Å². The van der Waals surface area contributed by atoms with Gasteiger partial charge in [0.2, 0.25) is 0 Å². The molecule has 24 heavy (non-hydrogen) atoms. The van der Waals surface area contributed by atoms with E-state index in [4.69, 9.17) is 16.7 Å². The molecule has 0 fully saturated rings. The van der Waals surface area contributed by atoms with Gasteiger partial charge in [-0.1, -0.05) is 23.7 Å². The molecule has 0 spiro atoms. The standard InChI is InChI=1S/C18H17ClN4O/c19-15-6-4-13(5-7-15)16-11-17(21-9-2-10-24)23-18(22-16)14-3-1-8-20-12-14/h1,3-8,11-12,24H,2,9-10H2,(H,21,22,23). The highest BCUT2D eigenvalue weighted by atomic mass is 35.5. The van der Waals surface area contributed by atoms with E-state index in [-0.39, 0.29) is 6.61 Å². The minimum atomic E-state index is 0.136. The number of aromatic nitrogens is 3. The third-order valence-electron chi connectivity index (χ3n) is 3.43. The molecule has 2 N–H and O–H groups in total. The van der Waals surface area contributed by atoms with Crippen LogP contribution in [0.25, 0.3) is 22.6 Å². The number of nitrogens with zero attached hydrogens (tertiary/aromatic N) is 3. The molecule has 6 heteroatoms. The monoisotopic (exact) mass is 340 g/mol. The van der Waals surface area contributed by atoms with Crippen molar-refractivity contribution in [3.05, 3.63) is 59.9 Å². The van der Waals surface area contributed by atoms with E-state index >= 15 is 0 Å². The second-order valence-electron chi connectivity index (χ2n) is 5.21. The van der Waals surface area contributed by atoms with Crippen LogP contribution in [0.15, 0.2) is 54.9 Å². The number of aliphatic hydroxyl groups is 1. The van der Waals surface area contributed by atoms with Gasteiger partial charge < -0.3 is 10.4 Å². The zero-order valence-electron chi connectivity index (χ0n) is 13.0. The number of aliphatic hydroxyl groups excluding tert-OH is 1. The van der Waals surface area contributed by atoms with Gasteiger partial charge in [0.25, 0.3) is 0 Å². The molecule has 122 valence electrons. The Morgan fingerprint density at radius 2 is 1.88 bits per heavy atom. The van der Waals surface area contributed by atoms with Crippen molar-refractivity contribution in [3.8, 4) is 22.6 Å². The Morgan fingerprint density at radius 1 is 1.04 bits per heavy atom. The third-order valence-corrected chi connectivity index (χ3v) is 3.68. The van der Waals surface area contributed by atoms with E-state index in [1.807, 2.05) is 42.5 Å². The second-order valence-corrected chi connectivity index (χ2v) is 5.65. The lowest BCUT2D eigenvalue weighted by Gasteiger charge is -2.10. The van der Waals surface area contributed by atoms with Crippen molar-refractivity contribution in [2.75, 3.05) is 18.5 Å². The van der Waals surface area contributed by atoms with Crippen LogP contribution in [0.2, 0.25) is 5.02 Å². The van der Waals surface area contributed by atoms with Crippen LogP contribution in [0.1, 0.15) is 6.42 Å². The molecule has 5 nitrogen and oxygen atoms in total. The van der Waals surface area contributed by atoms with Gasteiger partial charge in [0.1, 0.15) is 5.82 Å². The molecule has 2 aromatic heterocycles. The van der Waals surface area contributed by atoms with E-state index in [0.29, 0.717) is 29.6 Å². The molecule has 0 saturated carbocycles. The highest BCUT2D eigenvalue weighted by Gasteiger charge is 2.09. The summed E-state index contributed by atoms with van der Waals surface area (Å²) in [6.45, 7) is 0.775. The lowest BCUT2D eigenvalue weighted by Crippen LogP contribution is -2.06. The van der Waals surface area contributed by atoms with E-state index in [2.05, 4.69) is 20.3 Å². The molecular weight excluding hydrogens is 324 g/mol. The SMILES string of the molecule is OCCCNc1cc(-c2ccc(Cl)cc2)nc(-c2cccnc2)n1. The fourth-order valence-corrected chi connectivity index (χ4v) is 2.35. The maximum Gasteiger partial charge on any atom is 0.163 e. The Kier molecular flexibility index (Phi) is 5.36. The molecular formula is C18H17ClN4O. The summed E-state index contributed by atoms with van der Waals surface area (Å²) in [6, 6.07) is 13.2. The first kappa shape index (κ1) is 16.4. The number of anilines is 1. The normalized spacial score (nSPS) is 10.6. The van der Waals surface area contributed by atoms with Crippen molar-refractivity contribution in [3.63, 3.8) is 0 Å². The summed E-state index contributed by atoms with van der Waals surface area (Å²) in [5.74, 6) is 1.31. The smallest absolute Gasteiger partial charge is 0.163 e. The first-order valence-corrected chi connectivity index (χ1v) is 8.04. The van der Waals surface area contributed by atoms with Crippen molar-refractivity contribution in [2.24, 2.45) is 0 Å². The Balaban J connectivity index is 2.00. The molecule has 0 radical (unpaired) electrons. The van der Waals surface area contributed by atoms with E-state index in [9.17, 15) is 0 Å². The van der Waals surface area contributed by atoms with Gasteiger partial charge in [-0.05, 0) is 30.7 Å². The van der Waals surface area contributed by atoms with Crippen LogP contribution >= 0.6 is 11.6 Å². The van der Waals surface area contributed by atoms with Crippen molar-refractivity contribution < 1.29 is 5.11 Å². The van der Waals surface area contributed by atoms with Gasteiger partial charge in [-0.2, -0.15) is 0 Å². The molecule has 0 amide bonds. The molecule has 0 saturated heterocycles. The van der Waals surface area contributed by atoms with Gasteiger partial charge in [0.05, 0.1) is 5.69 Å². The van der Waals surface area contributed by atoms with Gasteiger partial charge in [0.15, 0.2) is 5.82 Å². The number of nitrogens with one attached hydrogen (secondary N) is 1. The fourth-order valence-electron chi connectivity index (χ4n) is 2.23. The number of hydrogen-bond acceptors (Lipinski definition) is 5. The Hall–Kier alpha value is -2.50.